The number of aromatic amines is 1. The lowest BCUT2D eigenvalue weighted by Crippen LogP contribution is -2.28. The van der Waals surface area contributed by atoms with E-state index >= 15 is 0 Å². The number of H-pyrrole nitrogens is 1. The van der Waals surface area contributed by atoms with E-state index in [-0.39, 0.29) is 5.56 Å². The Morgan fingerprint density at radius 2 is 2.00 bits per heavy atom. The molecule has 0 aliphatic rings. The van der Waals surface area contributed by atoms with Gasteiger partial charge in [0.05, 0.1) is 7.11 Å². The number of hydrogen-bond donors (Lipinski definition) is 2. The molecule has 5 nitrogen and oxygen atoms in total. The van der Waals surface area contributed by atoms with Crippen molar-refractivity contribution in [3.8, 4) is 5.75 Å². The molecule has 5 heteroatoms. The van der Waals surface area contributed by atoms with Crippen molar-refractivity contribution in [2.24, 2.45) is 0 Å². The maximum atomic E-state index is 11.8. The summed E-state index contributed by atoms with van der Waals surface area (Å²) in [5.41, 5.74) is 0.646. The first-order valence-corrected chi connectivity index (χ1v) is 5.79. The molecule has 2 rings (SSSR count). The standard InChI is InChI=1S/C14H14N2O3/c1-19-11-6-4-10(5-7-11)9-16-14(18)12-3-2-8-15-13(12)17/h2-8H,9H2,1H3,(H,15,17)(H,16,18). The predicted molar refractivity (Wildman–Crippen MR) is 71.2 cm³/mol. The first-order valence-electron chi connectivity index (χ1n) is 5.79. The van der Waals surface area contributed by atoms with E-state index in [1.165, 1.54) is 12.3 Å². The molecule has 1 aromatic heterocycles. The van der Waals surface area contributed by atoms with Gasteiger partial charge in [-0.2, -0.15) is 0 Å². The topological polar surface area (TPSA) is 71.2 Å². The Morgan fingerprint density at radius 1 is 1.26 bits per heavy atom. The number of amides is 1. The molecule has 1 aromatic carbocycles. The number of nitrogens with one attached hydrogen (secondary N) is 2. The van der Waals surface area contributed by atoms with E-state index in [1.807, 2.05) is 24.3 Å². The van der Waals surface area contributed by atoms with Gasteiger partial charge in [-0.05, 0) is 29.8 Å². The second-order valence-corrected chi connectivity index (χ2v) is 3.94. The van der Waals surface area contributed by atoms with Crippen molar-refractivity contribution in [3.05, 3.63) is 64.1 Å². The number of aromatic nitrogens is 1. The Morgan fingerprint density at radius 3 is 2.63 bits per heavy atom. The fraction of sp³-hybridized carbons (Fsp3) is 0.143. The van der Waals surface area contributed by atoms with Crippen molar-refractivity contribution in [2.75, 3.05) is 7.11 Å². The molecule has 98 valence electrons. The summed E-state index contributed by atoms with van der Waals surface area (Å²) in [7, 11) is 1.60. The van der Waals surface area contributed by atoms with E-state index in [4.69, 9.17) is 4.74 Å². The minimum absolute atomic E-state index is 0.107. The summed E-state index contributed by atoms with van der Waals surface area (Å²) >= 11 is 0. The normalized spacial score (nSPS) is 9.95. The lowest BCUT2D eigenvalue weighted by atomic mass is 10.2. The zero-order valence-corrected chi connectivity index (χ0v) is 10.5. The van der Waals surface area contributed by atoms with Crippen molar-refractivity contribution in [2.45, 2.75) is 6.54 Å². The number of hydrogen-bond acceptors (Lipinski definition) is 3. The summed E-state index contributed by atoms with van der Waals surface area (Å²) in [5.74, 6) is 0.368. The third kappa shape index (κ3) is 3.22. The number of rotatable bonds is 4. The van der Waals surface area contributed by atoms with Crippen molar-refractivity contribution < 1.29 is 9.53 Å². The van der Waals surface area contributed by atoms with Crippen LogP contribution >= 0.6 is 0 Å². The highest BCUT2D eigenvalue weighted by Gasteiger charge is 2.08. The van der Waals surface area contributed by atoms with Crippen LogP contribution in [-0.4, -0.2) is 18.0 Å². The van der Waals surface area contributed by atoms with Gasteiger partial charge in [-0.3, -0.25) is 9.59 Å². The molecule has 0 aliphatic heterocycles. The van der Waals surface area contributed by atoms with Crippen LogP contribution in [0.5, 0.6) is 5.75 Å². The highest BCUT2D eigenvalue weighted by Crippen LogP contribution is 2.10. The van der Waals surface area contributed by atoms with Crippen LogP contribution in [0.15, 0.2) is 47.4 Å². The van der Waals surface area contributed by atoms with Gasteiger partial charge < -0.3 is 15.0 Å². The molecule has 2 N–H and O–H groups in total. The van der Waals surface area contributed by atoms with Crippen LogP contribution in [0.3, 0.4) is 0 Å². The summed E-state index contributed by atoms with van der Waals surface area (Å²) in [6.45, 7) is 0.358. The number of methoxy groups -OCH3 is 1. The van der Waals surface area contributed by atoms with Crippen LogP contribution in [0, 0.1) is 0 Å². The van der Waals surface area contributed by atoms with Gasteiger partial charge in [0, 0.05) is 12.7 Å². The van der Waals surface area contributed by atoms with Gasteiger partial charge in [-0.25, -0.2) is 0 Å². The molecule has 0 radical (unpaired) electrons. The fourth-order valence-corrected chi connectivity index (χ4v) is 1.62. The Hall–Kier alpha value is -2.56. The van der Waals surface area contributed by atoms with Crippen LogP contribution in [0.4, 0.5) is 0 Å². The molecular formula is C14H14N2O3. The summed E-state index contributed by atoms with van der Waals surface area (Å²) in [4.78, 5) is 25.7. The number of ether oxygens (including phenoxy) is 1. The Kier molecular flexibility index (Phi) is 3.97. The van der Waals surface area contributed by atoms with E-state index in [0.29, 0.717) is 6.54 Å². The molecule has 0 saturated heterocycles. The number of carbonyl (C=O) groups is 1. The number of benzene rings is 1. The Bertz CT molecular complexity index is 617. The second kappa shape index (κ2) is 5.86. The monoisotopic (exact) mass is 258 g/mol. The van der Waals surface area contributed by atoms with Crippen molar-refractivity contribution >= 4 is 5.91 Å². The van der Waals surface area contributed by atoms with E-state index in [0.717, 1.165) is 11.3 Å². The van der Waals surface area contributed by atoms with Gasteiger partial charge >= 0.3 is 0 Å². The van der Waals surface area contributed by atoms with Gasteiger partial charge in [-0.15, -0.1) is 0 Å². The average Bonchev–Trinajstić information content (AvgIpc) is 2.46. The zero-order valence-electron chi connectivity index (χ0n) is 10.5. The molecular weight excluding hydrogens is 244 g/mol. The smallest absolute Gasteiger partial charge is 0.260 e. The molecule has 0 saturated carbocycles. The molecule has 2 aromatic rings. The lowest BCUT2D eigenvalue weighted by Gasteiger charge is -2.05. The third-order valence-corrected chi connectivity index (χ3v) is 2.67. The molecule has 0 unspecified atom stereocenters. The lowest BCUT2D eigenvalue weighted by molar-refractivity contribution is 0.0949. The van der Waals surface area contributed by atoms with Gasteiger partial charge in [0.2, 0.25) is 0 Å². The molecule has 0 fully saturated rings. The minimum Gasteiger partial charge on any atom is -0.497 e. The van der Waals surface area contributed by atoms with Crippen LogP contribution in [-0.2, 0) is 6.54 Å². The maximum absolute atomic E-state index is 11.8. The van der Waals surface area contributed by atoms with Gasteiger partial charge in [0.25, 0.3) is 11.5 Å². The van der Waals surface area contributed by atoms with Gasteiger partial charge in [0.1, 0.15) is 11.3 Å². The SMILES string of the molecule is COc1ccc(CNC(=O)c2ccc[nH]c2=O)cc1. The third-order valence-electron chi connectivity index (χ3n) is 2.67. The summed E-state index contributed by atoms with van der Waals surface area (Å²) in [6.07, 6.45) is 1.49. The predicted octanol–water partition coefficient (Wildman–Crippen LogP) is 1.31. The van der Waals surface area contributed by atoms with E-state index in [2.05, 4.69) is 10.3 Å². The maximum Gasteiger partial charge on any atom is 0.260 e. The highest BCUT2D eigenvalue weighted by atomic mass is 16.5. The van der Waals surface area contributed by atoms with Gasteiger partial charge in [0.15, 0.2) is 0 Å². The molecule has 0 aliphatic carbocycles. The van der Waals surface area contributed by atoms with Crippen molar-refractivity contribution in [3.63, 3.8) is 0 Å². The van der Waals surface area contributed by atoms with E-state index < -0.39 is 11.5 Å². The molecule has 1 amide bonds. The number of carbonyl (C=O) groups excluding carboxylic acids is 1. The van der Waals surface area contributed by atoms with E-state index in [9.17, 15) is 9.59 Å². The first kappa shape index (κ1) is 12.9. The van der Waals surface area contributed by atoms with Crippen LogP contribution in [0.2, 0.25) is 0 Å². The molecule has 0 bridgehead atoms. The largest absolute Gasteiger partial charge is 0.497 e. The molecule has 1 heterocycles. The average molecular weight is 258 g/mol. The number of pyridine rings is 1. The summed E-state index contributed by atoms with van der Waals surface area (Å²) < 4.78 is 5.05. The molecule has 0 atom stereocenters. The highest BCUT2D eigenvalue weighted by molar-refractivity contribution is 5.93. The Labute approximate surface area is 110 Å². The van der Waals surface area contributed by atoms with Crippen LogP contribution < -0.4 is 15.6 Å². The Balaban J connectivity index is 2.00. The zero-order chi connectivity index (χ0) is 13.7. The summed E-state index contributed by atoms with van der Waals surface area (Å²) in [5, 5.41) is 2.69. The molecule has 19 heavy (non-hydrogen) atoms. The van der Waals surface area contributed by atoms with Crippen LogP contribution in [0.25, 0.3) is 0 Å². The van der Waals surface area contributed by atoms with Crippen molar-refractivity contribution in [1.82, 2.24) is 10.3 Å². The van der Waals surface area contributed by atoms with Gasteiger partial charge in [-0.1, -0.05) is 12.1 Å². The molecule has 0 spiro atoms. The first-order chi connectivity index (χ1) is 9.20. The van der Waals surface area contributed by atoms with Crippen molar-refractivity contribution in [1.29, 1.82) is 0 Å². The minimum atomic E-state index is -0.394. The summed E-state index contributed by atoms with van der Waals surface area (Å²) in [6, 6.07) is 10.4. The fourth-order valence-electron chi connectivity index (χ4n) is 1.62. The van der Waals surface area contributed by atoms with Crippen LogP contribution in [0.1, 0.15) is 15.9 Å². The quantitative estimate of drug-likeness (QED) is 0.868. The second-order valence-electron chi connectivity index (χ2n) is 3.94. The van der Waals surface area contributed by atoms with E-state index in [1.54, 1.807) is 13.2 Å².